The van der Waals surface area contributed by atoms with Crippen LogP contribution in [0.5, 0.6) is 17.2 Å². The van der Waals surface area contributed by atoms with Crippen molar-refractivity contribution in [2.24, 2.45) is 0 Å². The lowest BCUT2D eigenvalue weighted by Gasteiger charge is -2.13. The summed E-state index contributed by atoms with van der Waals surface area (Å²) in [6, 6.07) is 17.7. The quantitative estimate of drug-likeness (QED) is 0.387. The van der Waals surface area contributed by atoms with Gasteiger partial charge in [-0.25, -0.2) is 4.98 Å². The molecule has 0 saturated carbocycles. The minimum atomic E-state index is 0.400. The van der Waals surface area contributed by atoms with Crippen LogP contribution in [0.2, 0.25) is 5.15 Å². The fraction of sp³-hybridized carbons (Fsp3) is 0.261. The zero-order valence-electron chi connectivity index (χ0n) is 16.7. The molecular formula is C23H25ClN2O3. The van der Waals surface area contributed by atoms with E-state index < -0.39 is 0 Å². The zero-order chi connectivity index (χ0) is 20.5. The van der Waals surface area contributed by atoms with E-state index in [9.17, 15) is 0 Å². The van der Waals surface area contributed by atoms with E-state index in [1.165, 1.54) is 5.56 Å². The van der Waals surface area contributed by atoms with Crippen molar-refractivity contribution in [3.63, 3.8) is 0 Å². The highest BCUT2D eigenvalue weighted by molar-refractivity contribution is 6.29. The summed E-state index contributed by atoms with van der Waals surface area (Å²) >= 11 is 5.81. The van der Waals surface area contributed by atoms with Gasteiger partial charge in [-0.05, 0) is 48.4 Å². The Labute approximate surface area is 176 Å². The molecule has 0 aliphatic rings. The van der Waals surface area contributed by atoms with Gasteiger partial charge in [-0.2, -0.15) is 0 Å². The molecule has 0 saturated heterocycles. The van der Waals surface area contributed by atoms with E-state index in [1.807, 2.05) is 42.5 Å². The molecule has 1 heterocycles. The van der Waals surface area contributed by atoms with Gasteiger partial charge in [0.05, 0.1) is 14.2 Å². The monoisotopic (exact) mass is 412 g/mol. The lowest BCUT2D eigenvalue weighted by molar-refractivity contribution is 0.284. The fourth-order valence-electron chi connectivity index (χ4n) is 2.96. The minimum absolute atomic E-state index is 0.400. The van der Waals surface area contributed by atoms with Gasteiger partial charge >= 0.3 is 0 Å². The van der Waals surface area contributed by atoms with Crippen LogP contribution in [0.4, 0.5) is 0 Å². The molecule has 2 aromatic carbocycles. The third-order valence-corrected chi connectivity index (χ3v) is 4.73. The van der Waals surface area contributed by atoms with Crippen LogP contribution >= 0.6 is 11.6 Å². The molecule has 0 spiro atoms. The number of hydrogen-bond donors (Lipinski definition) is 1. The van der Waals surface area contributed by atoms with Gasteiger partial charge in [0.15, 0.2) is 11.5 Å². The first-order valence-electron chi connectivity index (χ1n) is 9.42. The first-order chi connectivity index (χ1) is 14.2. The van der Waals surface area contributed by atoms with Crippen molar-refractivity contribution < 1.29 is 14.2 Å². The zero-order valence-corrected chi connectivity index (χ0v) is 17.4. The van der Waals surface area contributed by atoms with Gasteiger partial charge < -0.3 is 19.5 Å². The van der Waals surface area contributed by atoms with Crippen molar-refractivity contribution in [2.75, 3.05) is 20.8 Å². The predicted molar refractivity (Wildman–Crippen MR) is 115 cm³/mol. The molecule has 0 atom stereocenters. The van der Waals surface area contributed by atoms with Crippen LogP contribution in [0.1, 0.15) is 16.7 Å². The second-order valence-corrected chi connectivity index (χ2v) is 6.89. The Hall–Kier alpha value is -2.76. The maximum atomic E-state index is 5.88. The van der Waals surface area contributed by atoms with Crippen molar-refractivity contribution >= 4 is 11.6 Å². The van der Waals surface area contributed by atoms with Crippen LogP contribution in [0, 0.1) is 0 Å². The van der Waals surface area contributed by atoms with Crippen LogP contribution in [0.25, 0.3) is 0 Å². The summed E-state index contributed by atoms with van der Waals surface area (Å²) in [6.07, 6.45) is 2.60. The van der Waals surface area contributed by atoms with Crippen LogP contribution in [-0.2, 0) is 19.6 Å². The van der Waals surface area contributed by atoms with Gasteiger partial charge in [0, 0.05) is 18.3 Å². The van der Waals surface area contributed by atoms with Crippen LogP contribution in [-0.4, -0.2) is 25.7 Å². The highest BCUT2D eigenvalue weighted by Gasteiger charge is 2.07. The number of halogens is 1. The molecule has 0 fully saturated rings. The molecule has 3 rings (SSSR count). The average Bonchev–Trinajstić information content (AvgIpc) is 2.77. The van der Waals surface area contributed by atoms with Gasteiger partial charge in [-0.3, -0.25) is 0 Å². The van der Waals surface area contributed by atoms with E-state index in [2.05, 4.69) is 16.4 Å². The van der Waals surface area contributed by atoms with Crippen molar-refractivity contribution in [1.29, 1.82) is 0 Å². The third kappa shape index (κ3) is 6.11. The van der Waals surface area contributed by atoms with E-state index in [1.54, 1.807) is 26.5 Å². The molecule has 0 aliphatic heterocycles. The topological polar surface area (TPSA) is 52.6 Å². The summed E-state index contributed by atoms with van der Waals surface area (Å²) in [5, 5.41) is 3.93. The van der Waals surface area contributed by atoms with Gasteiger partial charge in [0.1, 0.15) is 17.5 Å². The summed E-state index contributed by atoms with van der Waals surface area (Å²) in [5.41, 5.74) is 3.27. The van der Waals surface area contributed by atoms with E-state index in [4.69, 9.17) is 25.8 Å². The summed E-state index contributed by atoms with van der Waals surface area (Å²) in [6.45, 7) is 1.99. The van der Waals surface area contributed by atoms with E-state index in [0.717, 1.165) is 36.4 Å². The van der Waals surface area contributed by atoms with Crippen LogP contribution in [0.15, 0.2) is 60.8 Å². The number of aromatic nitrogens is 1. The Balaban J connectivity index is 1.52. The molecule has 0 bridgehead atoms. The second kappa shape index (κ2) is 10.7. The average molecular weight is 413 g/mol. The largest absolute Gasteiger partial charge is 0.496 e. The molecule has 0 amide bonds. The van der Waals surface area contributed by atoms with Crippen LogP contribution in [0.3, 0.4) is 0 Å². The van der Waals surface area contributed by atoms with Gasteiger partial charge in [0.2, 0.25) is 0 Å². The number of hydrogen-bond acceptors (Lipinski definition) is 5. The summed E-state index contributed by atoms with van der Waals surface area (Å²) in [4.78, 5) is 4.06. The second-order valence-electron chi connectivity index (χ2n) is 6.50. The van der Waals surface area contributed by atoms with Crippen LogP contribution < -0.4 is 19.5 Å². The first-order valence-corrected chi connectivity index (χ1v) is 9.80. The molecule has 1 aromatic heterocycles. The fourth-order valence-corrected chi connectivity index (χ4v) is 3.07. The van der Waals surface area contributed by atoms with Crippen molar-refractivity contribution in [1.82, 2.24) is 10.3 Å². The Bertz CT molecular complexity index is 916. The summed E-state index contributed by atoms with van der Waals surface area (Å²) in [5.74, 6) is 2.32. The first kappa shape index (κ1) is 21.0. The predicted octanol–water partition coefficient (Wildman–Crippen LogP) is 4.66. The molecule has 0 radical (unpaired) electrons. The molecule has 0 aliphatic carbocycles. The molecule has 0 unspecified atom stereocenters. The number of ether oxygens (including phenoxy) is 3. The Morgan fingerprint density at radius 2 is 1.69 bits per heavy atom. The van der Waals surface area contributed by atoms with E-state index >= 15 is 0 Å². The number of para-hydroxylation sites is 1. The lowest BCUT2D eigenvalue weighted by atomic mass is 10.1. The number of nitrogens with zero attached hydrogens (tertiary/aromatic N) is 1. The standard InChI is InChI=1S/C23H25ClN2O3/c1-27-20-6-4-3-5-19(20)11-12-25-14-17-7-9-21(22(13-17)28-2)29-16-18-8-10-23(24)26-15-18/h3-10,13,15,25H,11-12,14,16H2,1-2H3. The van der Waals surface area contributed by atoms with E-state index in [-0.39, 0.29) is 0 Å². The molecule has 3 aromatic rings. The number of nitrogens with one attached hydrogen (secondary N) is 1. The molecule has 29 heavy (non-hydrogen) atoms. The maximum Gasteiger partial charge on any atom is 0.161 e. The molecule has 1 N–H and O–H groups in total. The van der Waals surface area contributed by atoms with Crippen molar-refractivity contribution in [3.8, 4) is 17.2 Å². The van der Waals surface area contributed by atoms with Gasteiger partial charge in [0.25, 0.3) is 0 Å². The molecule has 6 heteroatoms. The smallest absolute Gasteiger partial charge is 0.161 e. The highest BCUT2D eigenvalue weighted by atomic mass is 35.5. The highest BCUT2D eigenvalue weighted by Crippen LogP contribution is 2.29. The summed E-state index contributed by atoms with van der Waals surface area (Å²) in [7, 11) is 3.34. The summed E-state index contributed by atoms with van der Waals surface area (Å²) < 4.78 is 16.8. The van der Waals surface area contributed by atoms with Gasteiger partial charge in [-0.1, -0.05) is 41.9 Å². The molecule has 152 valence electrons. The van der Waals surface area contributed by atoms with Gasteiger partial charge in [-0.15, -0.1) is 0 Å². The van der Waals surface area contributed by atoms with Crippen molar-refractivity contribution in [2.45, 2.75) is 19.6 Å². The minimum Gasteiger partial charge on any atom is -0.496 e. The number of methoxy groups -OCH3 is 2. The molecule has 5 nitrogen and oxygen atoms in total. The normalized spacial score (nSPS) is 10.6. The Kier molecular flexibility index (Phi) is 7.73. The van der Waals surface area contributed by atoms with E-state index in [0.29, 0.717) is 23.3 Å². The Morgan fingerprint density at radius 3 is 2.45 bits per heavy atom. The third-order valence-electron chi connectivity index (χ3n) is 4.50. The number of pyridine rings is 1. The SMILES string of the molecule is COc1ccccc1CCNCc1ccc(OCc2ccc(Cl)nc2)c(OC)c1. The maximum absolute atomic E-state index is 5.88. The number of rotatable bonds is 10. The number of benzene rings is 2. The van der Waals surface area contributed by atoms with Crippen molar-refractivity contribution in [3.05, 3.63) is 82.6 Å². The lowest BCUT2D eigenvalue weighted by Crippen LogP contribution is -2.17. The molecular weight excluding hydrogens is 388 g/mol. The Morgan fingerprint density at radius 1 is 0.897 bits per heavy atom.